The number of nitrogens with zero attached hydrogens (tertiary/aromatic N) is 2. The predicted molar refractivity (Wildman–Crippen MR) is 93.5 cm³/mol. The molecule has 0 aliphatic heterocycles. The molecule has 0 aliphatic rings. The van der Waals surface area contributed by atoms with Gasteiger partial charge in [0.05, 0.1) is 7.11 Å². The summed E-state index contributed by atoms with van der Waals surface area (Å²) in [7, 11) is 1.59. The number of rotatable bonds is 6. The molecule has 0 saturated heterocycles. The third-order valence-electron chi connectivity index (χ3n) is 3.71. The first-order valence-corrected chi connectivity index (χ1v) is 7.97. The summed E-state index contributed by atoms with van der Waals surface area (Å²) in [4.78, 5) is 12.1. The van der Waals surface area contributed by atoms with Crippen LogP contribution in [0.3, 0.4) is 0 Å². The number of ether oxygens (including phenoxy) is 1. The zero-order valence-corrected chi connectivity index (χ0v) is 14.2. The van der Waals surface area contributed by atoms with Crippen molar-refractivity contribution in [3.05, 3.63) is 65.5 Å². The Labute approximate surface area is 145 Å². The zero-order valence-electron chi connectivity index (χ0n) is 14.2. The van der Waals surface area contributed by atoms with Crippen molar-refractivity contribution < 1.29 is 13.9 Å². The summed E-state index contributed by atoms with van der Waals surface area (Å²) < 4.78 is 10.7. The Balaban J connectivity index is 1.54. The fraction of sp³-hybridized carbons (Fsp3) is 0.211. The van der Waals surface area contributed by atoms with E-state index < -0.39 is 0 Å². The number of carbonyl (C=O) groups is 1. The molecule has 0 unspecified atom stereocenters. The average Bonchev–Trinajstić information content (AvgIpc) is 3.11. The van der Waals surface area contributed by atoms with Crippen LogP contribution in [0, 0.1) is 6.92 Å². The van der Waals surface area contributed by atoms with E-state index in [1.807, 2.05) is 31.2 Å². The Morgan fingerprint density at radius 2 is 1.96 bits per heavy atom. The topological polar surface area (TPSA) is 77.2 Å². The molecule has 1 N–H and O–H groups in total. The smallest absolute Gasteiger partial charge is 0.251 e. The fourth-order valence-corrected chi connectivity index (χ4v) is 2.38. The molecule has 3 aromatic rings. The molecular weight excluding hydrogens is 318 g/mol. The maximum absolute atomic E-state index is 12.1. The lowest BCUT2D eigenvalue weighted by atomic mass is 10.1. The van der Waals surface area contributed by atoms with Gasteiger partial charge in [-0.05, 0) is 43.3 Å². The lowest BCUT2D eigenvalue weighted by Gasteiger charge is -2.04. The molecular formula is C19H19N3O3. The molecule has 0 aliphatic carbocycles. The monoisotopic (exact) mass is 337 g/mol. The molecule has 1 heterocycles. The van der Waals surface area contributed by atoms with Crippen LogP contribution in [0.4, 0.5) is 0 Å². The number of aryl methyl sites for hydroxylation is 1. The molecule has 0 saturated carbocycles. The molecule has 6 nitrogen and oxygen atoms in total. The largest absolute Gasteiger partial charge is 0.497 e. The van der Waals surface area contributed by atoms with Crippen LogP contribution in [0.25, 0.3) is 11.5 Å². The highest BCUT2D eigenvalue weighted by atomic mass is 16.5. The average molecular weight is 337 g/mol. The van der Waals surface area contributed by atoms with Crippen molar-refractivity contribution in [1.29, 1.82) is 0 Å². The van der Waals surface area contributed by atoms with Crippen molar-refractivity contribution in [3.8, 4) is 17.2 Å². The van der Waals surface area contributed by atoms with E-state index in [9.17, 15) is 4.79 Å². The Morgan fingerprint density at radius 1 is 1.16 bits per heavy atom. The van der Waals surface area contributed by atoms with Gasteiger partial charge in [0.1, 0.15) is 5.75 Å². The number of hydrogen-bond donors (Lipinski definition) is 1. The standard InChI is InChI=1S/C19H19N3O3/c1-13-4-3-5-15(12-13)19-22-21-17(25-19)10-11-20-18(23)14-6-8-16(24-2)9-7-14/h3-9,12H,10-11H2,1-2H3,(H,20,23). The van der Waals surface area contributed by atoms with Crippen LogP contribution in [0.1, 0.15) is 21.8 Å². The second-order valence-electron chi connectivity index (χ2n) is 5.60. The first kappa shape index (κ1) is 16.7. The molecule has 1 amide bonds. The maximum Gasteiger partial charge on any atom is 0.251 e. The van der Waals surface area contributed by atoms with Crippen molar-refractivity contribution in [3.63, 3.8) is 0 Å². The zero-order chi connectivity index (χ0) is 17.6. The van der Waals surface area contributed by atoms with Crippen LogP contribution in [0.2, 0.25) is 0 Å². The maximum atomic E-state index is 12.1. The van der Waals surface area contributed by atoms with Gasteiger partial charge in [-0.25, -0.2) is 0 Å². The molecule has 3 rings (SSSR count). The SMILES string of the molecule is COc1ccc(C(=O)NCCc2nnc(-c3cccc(C)c3)o2)cc1. The van der Waals surface area contributed by atoms with E-state index in [2.05, 4.69) is 15.5 Å². The number of hydrogen-bond acceptors (Lipinski definition) is 5. The summed E-state index contributed by atoms with van der Waals surface area (Å²) in [6.07, 6.45) is 0.473. The Bertz CT molecular complexity index is 856. The second-order valence-corrected chi connectivity index (χ2v) is 5.60. The second kappa shape index (κ2) is 7.61. The number of amides is 1. The van der Waals surface area contributed by atoms with E-state index >= 15 is 0 Å². The predicted octanol–water partition coefficient (Wildman–Crippen LogP) is 3.03. The van der Waals surface area contributed by atoms with Crippen LogP contribution in [-0.2, 0) is 6.42 Å². The van der Waals surface area contributed by atoms with E-state index in [0.29, 0.717) is 36.1 Å². The first-order chi connectivity index (χ1) is 12.2. The van der Waals surface area contributed by atoms with E-state index in [1.165, 1.54) is 0 Å². The first-order valence-electron chi connectivity index (χ1n) is 7.97. The molecule has 0 fully saturated rings. The summed E-state index contributed by atoms with van der Waals surface area (Å²) in [6, 6.07) is 14.8. The van der Waals surface area contributed by atoms with E-state index in [0.717, 1.165) is 11.1 Å². The molecule has 6 heteroatoms. The van der Waals surface area contributed by atoms with Gasteiger partial charge in [-0.2, -0.15) is 0 Å². The molecule has 25 heavy (non-hydrogen) atoms. The molecule has 0 atom stereocenters. The van der Waals surface area contributed by atoms with Crippen LogP contribution < -0.4 is 10.1 Å². The van der Waals surface area contributed by atoms with Crippen molar-refractivity contribution in [1.82, 2.24) is 15.5 Å². The van der Waals surface area contributed by atoms with E-state index in [1.54, 1.807) is 31.4 Å². The minimum absolute atomic E-state index is 0.152. The number of benzene rings is 2. The Hall–Kier alpha value is -3.15. The lowest BCUT2D eigenvalue weighted by molar-refractivity contribution is 0.0953. The highest BCUT2D eigenvalue weighted by Crippen LogP contribution is 2.18. The van der Waals surface area contributed by atoms with Crippen LogP contribution in [-0.4, -0.2) is 29.8 Å². The minimum Gasteiger partial charge on any atom is -0.497 e. The van der Waals surface area contributed by atoms with Gasteiger partial charge in [0.15, 0.2) is 0 Å². The summed E-state index contributed by atoms with van der Waals surface area (Å²) in [5.41, 5.74) is 2.59. The van der Waals surface area contributed by atoms with Crippen molar-refractivity contribution >= 4 is 5.91 Å². The van der Waals surface area contributed by atoms with Gasteiger partial charge in [-0.3, -0.25) is 4.79 Å². The third kappa shape index (κ3) is 4.23. The van der Waals surface area contributed by atoms with Crippen LogP contribution in [0.15, 0.2) is 52.9 Å². The molecule has 128 valence electrons. The van der Waals surface area contributed by atoms with Crippen molar-refractivity contribution in [2.45, 2.75) is 13.3 Å². The molecule has 0 bridgehead atoms. The number of carbonyl (C=O) groups excluding carboxylic acids is 1. The molecule has 2 aromatic carbocycles. The number of nitrogens with one attached hydrogen (secondary N) is 1. The molecule has 0 radical (unpaired) electrons. The highest BCUT2D eigenvalue weighted by Gasteiger charge is 2.10. The summed E-state index contributed by atoms with van der Waals surface area (Å²) in [5.74, 6) is 1.54. The summed E-state index contributed by atoms with van der Waals surface area (Å²) >= 11 is 0. The number of aromatic nitrogens is 2. The van der Waals surface area contributed by atoms with E-state index in [4.69, 9.17) is 9.15 Å². The van der Waals surface area contributed by atoms with Crippen molar-refractivity contribution in [2.75, 3.05) is 13.7 Å². The van der Waals surface area contributed by atoms with Crippen LogP contribution in [0.5, 0.6) is 5.75 Å². The Kier molecular flexibility index (Phi) is 5.09. The van der Waals surface area contributed by atoms with Crippen molar-refractivity contribution in [2.24, 2.45) is 0 Å². The summed E-state index contributed by atoms with van der Waals surface area (Å²) in [5, 5.41) is 10.9. The fourth-order valence-electron chi connectivity index (χ4n) is 2.38. The van der Waals surface area contributed by atoms with Gasteiger partial charge in [0.25, 0.3) is 5.91 Å². The minimum atomic E-state index is -0.152. The summed E-state index contributed by atoms with van der Waals surface area (Å²) in [6.45, 7) is 2.43. The van der Waals surface area contributed by atoms with Gasteiger partial charge in [0, 0.05) is 24.1 Å². The van der Waals surface area contributed by atoms with E-state index in [-0.39, 0.29) is 5.91 Å². The highest BCUT2D eigenvalue weighted by molar-refractivity contribution is 5.94. The lowest BCUT2D eigenvalue weighted by Crippen LogP contribution is -2.25. The van der Waals surface area contributed by atoms with Gasteiger partial charge in [0.2, 0.25) is 11.8 Å². The number of methoxy groups -OCH3 is 1. The van der Waals surface area contributed by atoms with Crippen LogP contribution >= 0.6 is 0 Å². The molecule has 0 spiro atoms. The van der Waals surface area contributed by atoms with Gasteiger partial charge < -0.3 is 14.5 Å². The van der Waals surface area contributed by atoms with Gasteiger partial charge in [-0.15, -0.1) is 10.2 Å². The van der Waals surface area contributed by atoms with Gasteiger partial charge in [-0.1, -0.05) is 17.7 Å². The normalized spacial score (nSPS) is 10.5. The Morgan fingerprint density at radius 3 is 2.68 bits per heavy atom. The third-order valence-corrected chi connectivity index (χ3v) is 3.71. The quantitative estimate of drug-likeness (QED) is 0.748. The molecule has 1 aromatic heterocycles. The van der Waals surface area contributed by atoms with Gasteiger partial charge >= 0.3 is 0 Å².